The molecule has 90 valence electrons. The van der Waals surface area contributed by atoms with Crippen LogP contribution in [0.25, 0.3) is 11.3 Å². The minimum Gasteiger partial charge on any atom is -0.312 e. The molecule has 0 unspecified atom stereocenters. The second-order valence-electron chi connectivity index (χ2n) is 4.44. The molecule has 0 aliphatic heterocycles. The maximum Gasteiger partial charge on any atom is 0.0845 e. The summed E-state index contributed by atoms with van der Waals surface area (Å²) in [7, 11) is 0. The number of nitrogens with zero attached hydrogens (tertiary/aromatic N) is 2. The molecule has 0 atom stereocenters. The van der Waals surface area contributed by atoms with E-state index >= 15 is 0 Å². The fourth-order valence-corrected chi connectivity index (χ4v) is 2.24. The summed E-state index contributed by atoms with van der Waals surface area (Å²) in [6.45, 7) is 6.37. The highest BCUT2D eigenvalue weighted by atomic mass is 32.1. The molecule has 3 nitrogen and oxygen atoms in total. The second kappa shape index (κ2) is 5.89. The molecule has 4 heteroatoms. The first-order valence-corrected chi connectivity index (χ1v) is 6.60. The summed E-state index contributed by atoms with van der Waals surface area (Å²) in [5, 5.41) is 3.42. The normalized spacial score (nSPS) is 11.0. The molecular weight excluding hydrogens is 230 g/mol. The molecule has 0 aliphatic rings. The molecule has 0 saturated heterocycles. The van der Waals surface area contributed by atoms with Gasteiger partial charge in [-0.05, 0) is 42.2 Å². The molecule has 1 N–H and O–H groups in total. The Morgan fingerprint density at radius 3 is 2.76 bits per heavy atom. The highest BCUT2D eigenvalue weighted by Crippen LogP contribution is 2.20. The Hall–Kier alpha value is -1.26. The van der Waals surface area contributed by atoms with Crippen molar-refractivity contribution in [1.29, 1.82) is 0 Å². The molecule has 0 bridgehead atoms. The predicted molar refractivity (Wildman–Crippen MR) is 71.9 cm³/mol. The Balaban J connectivity index is 1.97. The van der Waals surface area contributed by atoms with Gasteiger partial charge in [-0.1, -0.05) is 13.8 Å². The molecule has 2 rings (SSSR count). The lowest BCUT2D eigenvalue weighted by Gasteiger charge is -2.04. The molecule has 0 aliphatic carbocycles. The van der Waals surface area contributed by atoms with Crippen molar-refractivity contribution in [1.82, 2.24) is 14.7 Å². The molecule has 17 heavy (non-hydrogen) atoms. The van der Waals surface area contributed by atoms with Crippen LogP contribution in [0, 0.1) is 5.92 Å². The van der Waals surface area contributed by atoms with Crippen LogP contribution in [-0.4, -0.2) is 15.9 Å². The van der Waals surface area contributed by atoms with Crippen molar-refractivity contribution < 1.29 is 0 Å². The number of pyridine rings is 1. The van der Waals surface area contributed by atoms with Gasteiger partial charge in [-0.15, -0.1) is 0 Å². The van der Waals surface area contributed by atoms with E-state index in [0.717, 1.165) is 24.3 Å². The van der Waals surface area contributed by atoms with E-state index in [1.807, 2.05) is 12.1 Å². The fraction of sp³-hybridized carbons (Fsp3) is 0.385. The van der Waals surface area contributed by atoms with Crippen LogP contribution in [0.2, 0.25) is 0 Å². The molecule has 0 amide bonds. The topological polar surface area (TPSA) is 37.8 Å². The minimum atomic E-state index is 0.683. The Bertz CT molecular complexity index is 451. The van der Waals surface area contributed by atoms with E-state index in [1.165, 1.54) is 4.88 Å². The predicted octanol–water partition coefficient (Wildman–Crippen LogP) is 2.95. The summed E-state index contributed by atoms with van der Waals surface area (Å²) in [6, 6.07) is 6.12. The lowest BCUT2D eigenvalue weighted by atomic mass is 10.2. The average molecular weight is 247 g/mol. The van der Waals surface area contributed by atoms with Crippen molar-refractivity contribution in [2.75, 3.05) is 6.54 Å². The summed E-state index contributed by atoms with van der Waals surface area (Å²) >= 11 is 1.56. The zero-order chi connectivity index (χ0) is 12.1. The van der Waals surface area contributed by atoms with Crippen LogP contribution >= 0.6 is 11.5 Å². The van der Waals surface area contributed by atoms with E-state index in [-0.39, 0.29) is 0 Å². The van der Waals surface area contributed by atoms with Crippen molar-refractivity contribution in [2.45, 2.75) is 20.4 Å². The van der Waals surface area contributed by atoms with Crippen LogP contribution in [-0.2, 0) is 6.54 Å². The van der Waals surface area contributed by atoms with Crippen LogP contribution in [0.3, 0.4) is 0 Å². The number of aromatic nitrogens is 2. The first-order chi connectivity index (χ1) is 8.25. The van der Waals surface area contributed by atoms with Crippen molar-refractivity contribution >= 4 is 11.5 Å². The Kier molecular flexibility index (Phi) is 4.23. The van der Waals surface area contributed by atoms with E-state index < -0.39 is 0 Å². The number of nitrogens with one attached hydrogen (secondary N) is 1. The standard InChI is InChI=1S/C13H17N3S/c1-10(2)8-15-9-12-7-13(16-17-12)11-3-5-14-6-4-11/h3-7,10,15H,8-9H2,1-2H3. The molecule has 0 saturated carbocycles. The number of hydrogen-bond acceptors (Lipinski definition) is 4. The van der Waals surface area contributed by atoms with Gasteiger partial charge in [-0.3, -0.25) is 4.98 Å². The van der Waals surface area contributed by atoms with Gasteiger partial charge in [-0.25, -0.2) is 0 Å². The van der Waals surface area contributed by atoms with E-state index in [1.54, 1.807) is 23.9 Å². The highest BCUT2D eigenvalue weighted by molar-refractivity contribution is 7.06. The zero-order valence-corrected chi connectivity index (χ0v) is 11.0. The van der Waals surface area contributed by atoms with Crippen molar-refractivity contribution in [3.8, 4) is 11.3 Å². The van der Waals surface area contributed by atoms with Gasteiger partial charge in [0.05, 0.1) is 5.69 Å². The van der Waals surface area contributed by atoms with E-state index in [9.17, 15) is 0 Å². The molecule has 2 aromatic heterocycles. The summed E-state index contributed by atoms with van der Waals surface area (Å²) in [5.74, 6) is 0.683. The lowest BCUT2D eigenvalue weighted by Crippen LogP contribution is -2.18. The lowest BCUT2D eigenvalue weighted by molar-refractivity contribution is 0.555. The Morgan fingerprint density at radius 1 is 1.29 bits per heavy atom. The summed E-state index contributed by atoms with van der Waals surface area (Å²) in [6.07, 6.45) is 3.59. The minimum absolute atomic E-state index is 0.683. The third kappa shape index (κ3) is 3.61. The van der Waals surface area contributed by atoms with Gasteiger partial charge in [0.1, 0.15) is 0 Å². The molecule has 2 heterocycles. The zero-order valence-electron chi connectivity index (χ0n) is 10.2. The largest absolute Gasteiger partial charge is 0.312 e. The van der Waals surface area contributed by atoms with Crippen LogP contribution in [0.15, 0.2) is 30.6 Å². The average Bonchev–Trinajstić information content (AvgIpc) is 2.78. The third-order valence-corrected chi connectivity index (χ3v) is 3.17. The quantitative estimate of drug-likeness (QED) is 0.882. The summed E-state index contributed by atoms with van der Waals surface area (Å²) < 4.78 is 4.46. The first-order valence-electron chi connectivity index (χ1n) is 5.82. The van der Waals surface area contributed by atoms with E-state index in [2.05, 4.69) is 34.6 Å². The molecule has 0 aromatic carbocycles. The van der Waals surface area contributed by atoms with Gasteiger partial charge in [0.2, 0.25) is 0 Å². The molecular formula is C13H17N3S. The maximum atomic E-state index is 4.46. The third-order valence-electron chi connectivity index (χ3n) is 2.39. The molecule has 2 aromatic rings. The SMILES string of the molecule is CC(C)CNCc1cc(-c2ccncc2)ns1. The molecule has 0 radical (unpaired) electrons. The molecule has 0 fully saturated rings. The van der Waals surface area contributed by atoms with E-state index in [0.29, 0.717) is 5.92 Å². The fourth-order valence-electron chi connectivity index (χ4n) is 1.54. The summed E-state index contributed by atoms with van der Waals surface area (Å²) in [4.78, 5) is 5.29. The van der Waals surface area contributed by atoms with Crippen molar-refractivity contribution in [2.24, 2.45) is 5.92 Å². The van der Waals surface area contributed by atoms with E-state index in [4.69, 9.17) is 0 Å². The Morgan fingerprint density at radius 2 is 2.06 bits per heavy atom. The van der Waals surface area contributed by atoms with Crippen molar-refractivity contribution in [3.63, 3.8) is 0 Å². The number of rotatable bonds is 5. The van der Waals surface area contributed by atoms with Gasteiger partial charge < -0.3 is 5.32 Å². The van der Waals surface area contributed by atoms with Crippen LogP contribution in [0.5, 0.6) is 0 Å². The van der Waals surface area contributed by atoms with Crippen LogP contribution in [0.1, 0.15) is 18.7 Å². The summed E-state index contributed by atoms with van der Waals surface area (Å²) in [5.41, 5.74) is 2.17. The van der Waals surface area contributed by atoms with Crippen LogP contribution in [0.4, 0.5) is 0 Å². The monoisotopic (exact) mass is 247 g/mol. The highest BCUT2D eigenvalue weighted by Gasteiger charge is 2.04. The van der Waals surface area contributed by atoms with Gasteiger partial charge in [0.15, 0.2) is 0 Å². The van der Waals surface area contributed by atoms with Crippen molar-refractivity contribution in [3.05, 3.63) is 35.5 Å². The van der Waals surface area contributed by atoms with Gasteiger partial charge in [-0.2, -0.15) is 4.37 Å². The van der Waals surface area contributed by atoms with Gasteiger partial charge in [0, 0.05) is 29.4 Å². The Labute approximate surface area is 106 Å². The smallest absolute Gasteiger partial charge is 0.0845 e. The van der Waals surface area contributed by atoms with Gasteiger partial charge in [0.25, 0.3) is 0 Å². The van der Waals surface area contributed by atoms with Crippen LogP contribution < -0.4 is 5.32 Å². The number of hydrogen-bond donors (Lipinski definition) is 1. The maximum absolute atomic E-state index is 4.46. The molecule has 0 spiro atoms. The second-order valence-corrected chi connectivity index (χ2v) is 5.33. The van der Waals surface area contributed by atoms with Gasteiger partial charge >= 0.3 is 0 Å². The first kappa shape index (κ1) is 12.2.